The summed E-state index contributed by atoms with van der Waals surface area (Å²) in [6, 6.07) is 0. The van der Waals surface area contributed by atoms with Gasteiger partial charge in [-0.05, 0) is 13.3 Å². The van der Waals surface area contributed by atoms with E-state index in [2.05, 4.69) is 6.58 Å². The third-order valence-electron chi connectivity index (χ3n) is 2.01. The Balaban J connectivity index is 2.47. The highest BCUT2D eigenvalue weighted by atomic mass is 16.6. The maximum absolute atomic E-state index is 11.0. The van der Waals surface area contributed by atoms with Gasteiger partial charge in [-0.3, -0.25) is 4.79 Å². The lowest BCUT2D eigenvalue weighted by Gasteiger charge is -2.15. The van der Waals surface area contributed by atoms with Crippen LogP contribution in [0.4, 0.5) is 0 Å². The fraction of sp³-hybridized carbons (Fsp3) is 0.556. The van der Waals surface area contributed by atoms with Crippen LogP contribution in [0.1, 0.15) is 13.3 Å². The molecule has 1 rings (SSSR count). The number of hydrogen-bond acceptors (Lipinski definition) is 4. The highest BCUT2D eigenvalue weighted by Crippen LogP contribution is 2.20. The monoisotopic (exact) mass is 184 g/mol. The Hall–Kier alpha value is -1.32. The molecule has 0 saturated carbocycles. The molecule has 0 spiro atoms. The van der Waals surface area contributed by atoms with Crippen LogP contribution in [0.5, 0.6) is 0 Å². The van der Waals surface area contributed by atoms with E-state index in [0.29, 0.717) is 13.0 Å². The van der Waals surface area contributed by atoms with Crippen molar-refractivity contribution in [2.24, 2.45) is 5.92 Å². The molecule has 13 heavy (non-hydrogen) atoms. The Morgan fingerprint density at radius 1 is 1.85 bits per heavy atom. The summed E-state index contributed by atoms with van der Waals surface area (Å²) in [5, 5.41) is 0. The Morgan fingerprint density at radius 3 is 3.00 bits per heavy atom. The van der Waals surface area contributed by atoms with E-state index in [-0.39, 0.29) is 11.9 Å². The predicted molar refractivity (Wildman–Crippen MR) is 44.8 cm³/mol. The van der Waals surface area contributed by atoms with E-state index in [9.17, 15) is 9.59 Å². The third-order valence-corrected chi connectivity index (χ3v) is 2.01. The van der Waals surface area contributed by atoms with Gasteiger partial charge in [0.15, 0.2) is 0 Å². The first kappa shape index (κ1) is 9.77. The molecule has 0 aromatic carbocycles. The zero-order valence-electron chi connectivity index (χ0n) is 7.49. The molecule has 0 amide bonds. The van der Waals surface area contributed by atoms with Crippen molar-refractivity contribution in [3.8, 4) is 0 Å². The van der Waals surface area contributed by atoms with E-state index >= 15 is 0 Å². The fourth-order valence-electron chi connectivity index (χ4n) is 1.25. The number of carbonyl (C=O) groups excluding carboxylic acids is 2. The third kappa shape index (κ3) is 2.31. The zero-order valence-corrected chi connectivity index (χ0v) is 7.49. The zero-order chi connectivity index (χ0) is 9.84. The summed E-state index contributed by atoms with van der Waals surface area (Å²) < 4.78 is 9.64. The van der Waals surface area contributed by atoms with Gasteiger partial charge in [0.1, 0.15) is 6.10 Å². The van der Waals surface area contributed by atoms with Crippen LogP contribution in [-0.2, 0) is 19.1 Å². The van der Waals surface area contributed by atoms with Crippen molar-refractivity contribution in [1.82, 2.24) is 0 Å². The van der Waals surface area contributed by atoms with Gasteiger partial charge < -0.3 is 9.47 Å². The van der Waals surface area contributed by atoms with Crippen molar-refractivity contribution in [3.63, 3.8) is 0 Å². The number of ether oxygens (including phenoxy) is 2. The molecular weight excluding hydrogens is 172 g/mol. The van der Waals surface area contributed by atoms with Crippen molar-refractivity contribution in [3.05, 3.63) is 12.7 Å². The van der Waals surface area contributed by atoms with Crippen LogP contribution in [0.15, 0.2) is 12.7 Å². The molecule has 1 heterocycles. The largest absolute Gasteiger partial charge is 0.465 e. The van der Waals surface area contributed by atoms with E-state index < -0.39 is 12.1 Å². The first-order valence-corrected chi connectivity index (χ1v) is 4.15. The molecule has 0 radical (unpaired) electrons. The lowest BCUT2D eigenvalue weighted by atomic mass is 10.0. The normalized spacial score (nSPS) is 23.5. The second-order valence-electron chi connectivity index (χ2n) is 2.91. The van der Waals surface area contributed by atoms with Gasteiger partial charge in [-0.15, -0.1) is 0 Å². The maximum atomic E-state index is 11.0. The average Bonchev–Trinajstić information content (AvgIpc) is 2.51. The lowest BCUT2D eigenvalue weighted by Crippen LogP contribution is -2.26. The number of esters is 2. The summed E-state index contributed by atoms with van der Waals surface area (Å²) in [6.07, 6.45) is 1.27. The summed E-state index contributed by atoms with van der Waals surface area (Å²) in [5.41, 5.74) is 0. The molecule has 2 unspecified atom stereocenters. The molecule has 0 aliphatic carbocycles. The van der Waals surface area contributed by atoms with Crippen LogP contribution in [0.3, 0.4) is 0 Å². The van der Waals surface area contributed by atoms with Crippen molar-refractivity contribution < 1.29 is 19.1 Å². The maximum Gasteiger partial charge on any atom is 0.330 e. The molecule has 4 heteroatoms. The van der Waals surface area contributed by atoms with Crippen molar-refractivity contribution in [2.75, 3.05) is 6.61 Å². The van der Waals surface area contributed by atoms with Gasteiger partial charge in [-0.2, -0.15) is 0 Å². The Kier molecular flexibility index (Phi) is 3.06. The molecule has 0 N–H and O–H groups in total. The van der Waals surface area contributed by atoms with Crippen LogP contribution in [-0.4, -0.2) is 24.6 Å². The molecular formula is C9H12O4. The molecule has 72 valence electrons. The molecule has 0 aromatic heterocycles. The van der Waals surface area contributed by atoms with Crippen molar-refractivity contribution in [1.29, 1.82) is 0 Å². The van der Waals surface area contributed by atoms with Gasteiger partial charge >= 0.3 is 11.9 Å². The van der Waals surface area contributed by atoms with Gasteiger partial charge in [0, 0.05) is 6.08 Å². The van der Waals surface area contributed by atoms with Gasteiger partial charge in [0.2, 0.25) is 0 Å². The first-order chi connectivity index (χ1) is 6.15. The van der Waals surface area contributed by atoms with Crippen LogP contribution in [0, 0.1) is 5.92 Å². The smallest absolute Gasteiger partial charge is 0.330 e. The van der Waals surface area contributed by atoms with Gasteiger partial charge in [0.25, 0.3) is 0 Å². The van der Waals surface area contributed by atoms with E-state index in [4.69, 9.17) is 9.47 Å². The minimum Gasteiger partial charge on any atom is -0.465 e. The van der Waals surface area contributed by atoms with Gasteiger partial charge in [0.05, 0.1) is 12.5 Å². The number of rotatable bonds is 3. The topological polar surface area (TPSA) is 52.6 Å². The second kappa shape index (κ2) is 4.07. The van der Waals surface area contributed by atoms with Crippen LogP contribution in [0.2, 0.25) is 0 Å². The Morgan fingerprint density at radius 2 is 2.54 bits per heavy atom. The van der Waals surface area contributed by atoms with E-state index in [1.807, 2.05) is 0 Å². The quantitative estimate of drug-likeness (QED) is 0.477. The van der Waals surface area contributed by atoms with Crippen LogP contribution >= 0.6 is 0 Å². The van der Waals surface area contributed by atoms with Crippen molar-refractivity contribution >= 4 is 11.9 Å². The first-order valence-electron chi connectivity index (χ1n) is 4.15. The highest BCUT2D eigenvalue weighted by molar-refractivity contribution is 5.82. The average molecular weight is 184 g/mol. The molecule has 2 atom stereocenters. The highest BCUT2D eigenvalue weighted by Gasteiger charge is 2.33. The summed E-state index contributed by atoms with van der Waals surface area (Å²) in [5.74, 6) is -1.11. The second-order valence-corrected chi connectivity index (χ2v) is 2.91. The Labute approximate surface area is 76.5 Å². The molecule has 0 aromatic rings. The number of hydrogen-bond donors (Lipinski definition) is 0. The van der Waals surface area contributed by atoms with Crippen molar-refractivity contribution in [2.45, 2.75) is 19.4 Å². The molecule has 4 nitrogen and oxygen atoms in total. The molecule has 1 aliphatic rings. The van der Waals surface area contributed by atoms with Crippen LogP contribution < -0.4 is 0 Å². The minimum absolute atomic E-state index is 0.288. The Bertz CT molecular complexity index is 234. The van der Waals surface area contributed by atoms with E-state index in [1.165, 1.54) is 0 Å². The molecule has 0 bridgehead atoms. The summed E-state index contributed by atoms with van der Waals surface area (Å²) in [4.78, 5) is 21.8. The summed E-state index contributed by atoms with van der Waals surface area (Å²) in [6.45, 7) is 5.36. The van der Waals surface area contributed by atoms with Crippen LogP contribution in [0.25, 0.3) is 0 Å². The summed E-state index contributed by atoms with van der Waals surface area (Å²) in [7, 11) is 0. The fourth-order valence-corrected chi connectivity index (χ4v) is 1.25. The standard InChI is InChI=1S/C9H12O4/c1-3-8(10)13-6(2)7-4-5-12-9(7)11/h3,6-7H,1,4-5H2,2H3. The van der Waals surface area contributed by atoms with E-state index in [1.54, 1.807) is 6.92 Å². The van der Waals surface area contributed by atoms with Gasteiger partial charge in [-0.25, -0.2) is 4.79 Å². The minimum atomic E-state index is -0.507. The predicted octanol–water partition coefficient (Wildman–Crippen LogP) is 0.667. The number of cyclic esters (lactones) is 1. The van der Waals surface area contributed by atoms with E-state index in [0.717, 1.165) is 6.08 Å². The molecule has 1 fully saturated rings. The van der Waals surface area contributed by atoms with Gasteiger partial charge in [-0.1, -0.05) is 6.58 Å². The number of carbonyl (C=O) groups is 2. The summed E-state index contributed by atoms with van der Waals surface area (Å²) >= 11 is 0. The lowest BCUT2D eigenvalue weighted by molar-refractivity contribution is -0.151. The molecule has 1 saturated heterocycles. The SMILES string of the molecule is C=CC(=O)OC(C)C1CCOC1=O. The molecule has 1 aliphatic heterocycles.